The smallest absolute Gasteiger partial charge is 0.226 e. The van der Waals surface area contributed by atoms with Crippen molar-refractivity contribution in [3.63, 3.8) is 0 Å². The number of benzene rings is 2. The molecule has 0 spiro atoms. The highest BCUT2D eigenvalue weighted by Gasteiger charge is 2.15. The molecule has 144 valence electrons. The minimum atomic E-state index is -0.100. The number of anilines is 1. The Hall–Kier alpha value is -2.33. The van der Waals surface area contributed by atoms with E-state index in [0.29, 0.717) is 24.0 Å². The highest BCUT2D eigenvalue weighted by Crippen LogP contribution is 2.27. The van der Waals surface area contributed by atoms with Gasteiger partial charge in [0.25, 0.3) is 0 Å². The fourth-order valence-electron chi connectivity index (χ4n) is 2.96. The first kappa shape index (κ1) is 21.0. The molecule has 5 heteroatoms. The summed E-state index contributed by atoms with van der Waals surface area (Å²) in [5.74, 6) is 0.132. The van der Waals surface area contributed by atoms with Crippen LogP contribution in [-0.4, -0.2) is 23.3 Å². The summed E-state index contributed by atoms with van der Waals surface area (Å²) in [4.78, 5) is 26.1. The molecule has 0 aliphatic heterocycles. The van der Waals surface area contributed by atoms with Crippen LogP contribution in [0.5, 0.6) is 0 Å². The molecule has 0 atom stereocenters. The Balaban J connectivity index is 2.03. The summed E-state index contributed by atoms with van der Waals surface area (Å²) < 4.78 is 0. The van der Waals surface area contributed by atoms with Gasteiger partial charge in [-0.2, -0.15) is 0 Å². The molecule has 0 heterocycles. The lowest BCUT2D eigenvalue weighted by atomic mass is 9.98. The van der Waals surface area contributed by atoms with E-state index < -0.39 is 0 Å². The monoisotopic (exact) mass is 386 g/mol. The van der Waals surface area contributed by atoms with Crippen LogP contribution in [0.3, 0.4) is 0 Å². The molecule has 0 bridgehead atoms. The lowest BCUT2D eigenvalue weighted by Gasteiger charge is -2.22. The van der Waals surface area contributed by atoms with Crippen LogP contribution < -0.4 is 5.32 Å². The first-order valence-electron chi connectivity index (χ1n) is 9.18. The lowest BCUT2D eigenvalue weighted by Crippen LogP contribution is -2.31. The number of nitrogens with one attached hydrogen (secondary N) is 1. The van der Waals surface area contributed by atoms with Crippen molar-refractivity contribution in [2.75, 3.05) is 11.9 Å². The molecule has 0 aliphatic rings. The standard InChI is InChI=1S/C22H27ClN2O2/c1-15(2)19-10-7-8-16(3)22(19)24-21(27)12-13-25(17(4)26)14-18-9-5-6-11-20(18)23/h5-11,15H,12-14H2,1-4H3,(H,24,27). The van der Waals surface area contributed by atoms with E-state index in [-0.39, 0.29) is 18.2 Å². The second-order valence-electron chi connectivity index (χ2n) is 7.02. The van der Waals surface area contributed by atoms with Gasteiger partial charge in [-0.25, -0.2) is 0 Å². The quantitative estimate of drug-likeness (QED) is 0.715. The van der Waals surface area contributed by atoms with Gasteiger partial charge in [-0.15, -0.1) is 0 Å². The van der Waals surface area contributed by atoms with Crippen LogP contribution in [0.25, 0.3) is 0 Å². The molecule has 0 unspecified atom stereocenters. The third-order valence-electron chi connectivity index (χ3n) is 4.56. The SMILES string of the molecule is CC(=O)N(CCC(=O)Nc1c(C)cccc1C(C)C)Cc1ccccc1Cl. The molecule has 0 saturated heterocycles. The van der Waals surface area contributed by atoms with Gasteiger partial charge < -0.3 is 10.2 Å². The maximum absolute atomic E-state index is 12.5. The maximum Gasteiger partial charge on any atom is 0.226 e. The molecular weight excluding hydrogens is 360 g/mol. The zero-order valence-electron chi connectivity index (χ0n) is 16.4. The first-order chi connectivity index (χ1) is 12.8. The van der Waals surface area contributed by atoms with E-state index in [1.165, 1.54) is 6.92 Å². The number of rotatable bonds is 7. The van der Waals surface area contributed by atoms with Gasteiger partial charge in [-0.3, -0.25) is 9.59 Å². The number of aryl methyl sites for hydroxylation is 1. The predicted octanol–water partition coefficient (Wildman–Crippen LogP) is 5.15. The third kappa shape index (κ3) is 5.83. The van der Waals surface area contributed by atoms with Crippen LogP contribution in [-0.2, 0) is 16.1 Å². The topological polar surface area (TPSA) is 49.4 Å². The largest absolute Gasteiger partial charge is 0.338 e. The predicted molar refractivity (Wildman–Crippen MR) is 111 cm³/mol. The van der Waals surface area contributed by atoms with Crippen molar-refractivity contribution >= 4 is 29.1 Å². The fourth-order valence-corrected chi connectivity index (χ4v) is 3.16. The van der Waals surface area contributed by atoms with E-state index in [2.05, 4.69) is 19.2 Å². The fraction of sp³-hybridized carbons (Fsp3) is 0.364. The summed E-state index contributed by atoms with van der Waals surface area (Å²) in [6, 6.07) is 13.5. The number of carbonyl (C=O) groups is 2. The van der Waals surface area contributed by atoms with E-state index in [1.54, 1.807) is 11.0 Å². The molecule has 2 rings (SSSR count). The lowest BCUT2D eigenvalue weighted by molar-refractivity contribution is -0.129. The zero-order chi connectivity index (χ0) is 20.0. The summed E-state index contributed by atoms with van der Waals surface area (Å²) in [6.07, 6.45) is 0.232. The molecule has 0 aromatic heterocycles. The van der Waals surface area contributed by atoms with Crippen LogP contribution in [0, 0.1) is 6.92 Å². The van der Waals surface area contributed by atoms with Crippen LogP contribution in [0.4, 0.5) is 5.69 Å². The average molecular weight is 387 g/mol. The second kappa shape index (κ2) is 9.56. The molecule has 0 fully saturated rings. The Morgan fingerprint density at radius 2 is 1.81 bits per heavy atom. The number of nitrogens with zero attached hydrogens (tertiary/aromatic N) is 1. The van der Waals surface area contributed by atoms with Crippen molar-refractivity contribution in [1.29, 1.82) is 0 Å². The zero-order valence-corrected chi connectivity index (χ0v) is 17.1. The molecular formula is C22H27ClN2O2. The van der Waals surface area contributed by atoms with Gasteiger partial charge >= 0.3 is 0 Å². The Morgan fingerprint density at radius 1 is 1.11 bits per heavy atom. The Kier molecular flexibility index (Phi) is 7.43. The number of hydrogen-bond acceptors (Lipinski definition) is 2. The van der Waals surface area contributed by atoms with E-state index in [0.717, 1.165) is 22.4 Å². The number of carbonyl (C=O) groups excluding carboxylic acids is 2. The van der Waals surface area contributed by atoms with Crippen LogP contribution in [0.2, 0.25) is 5.02 Å². The van der Waals surface area contributed by atoms with Gasteiger partial charge in [0.2, 0.25) is 11.8 Å². The van der Waals surface area contributed by atoms with Crippen LogP contribution in [0.15, 0.2) is 42.5 Å². The average Bonchev–Trinajstić information content (AvgIpc) is 2.61. The molecule has 0 radical (unpaired) electrons. The van der Waals surface area contributed by atoms with Gasteiger partial charge in [-0.05, 0) is 35.6 Å². The Bertz CT molecular complexity index is 818. The van der Waals surface area contributed by atoms with E-state index >= 15 is 0 Å². The number of amides is 2. The third-order valence-corrected chi connectivity index (χ3v) is 4.93. The van der Waals surface area contributed by atoms with Crippen LogP contribution in [0.1, 0.15) is 49.8 Å². The van der Waals surface area contributed by atoms with Crippen molar-refractivity contribution < 1.29 is 9.59 Å². The summed E-state index contributed by atoms with van der Waals surface area (Å²) in [5, 5.41) is 3.65. The van der Waals surface area contributed by atoms with E-state index in [9.17, 15) is 9.59 Å². The summed E-state index contributed by atoms with van der Waals surface area (Å²) in [7, 11) is 0. The van der Waals surface area contributed by atoms with Gasteiger partial charge in [0.1, 0.15) is 0 Å². The Morgan fingerprint density at radius 3 is 2.44 bits per heavy atom. The molecule has 1 N–H and O–H groups in total. The minimum Gasteiger partial charge on any atom is -0.338 e. The van der Waals surface area contributed by atoms with Crippen molar-refractivity contribution in [1.82, 2.24) is 4.90 Å². The molecule has 0 aliphatic carbocycles. The van der Waals surface area contributed by atoms with Gasteiger partial charge in [0.05, 0.1) is 0 Å². The van der Waals surface area contributed by atoms with Gasteiger partial charge in [0, 0.05) is 37.1 Å². The highest BCUT2D eigenvalue weighted by molar-refractivity contribution is 6.31. The van der Waals surface area contributed by atoms with E-state index in [1.807, 2.05) is 43.3 Å². The molecule has 2 amide bonds. The van der Waals surface area contributed by atoms with Crippen molar-refractivity contribution in [3.8, 4) is 0 Å². The minimum absolute atomic E-state index is 0.0820. The van der Waals surface area contributed by atoms with Crippen LogP contribution >= 0.6 is 11.6 Å². The molecule has 27 heavy (non-hydrogen) atoms. The first-order valence-corrected chi connectivity index (χ1v) is 9.55. The van der Waals surface area contributed by atoms with Crippen molar-refractivity contribution in [2.24, 2.45) is 0 Å². The van der Waals surface area contributed by atoms with Gasteiger partial charge in [-0.1, -0.05) is 61.8 Å². The molecule has 4 nitrogen and oxygen atoms in total. The number of para-hydroxylation sites is 1. The summed E-state index contributed by atoms with van der Waals surface area (Å²) in [5.41, 5.74) is 3.89. The Labute approximate surface area is 166 Å². The van der Waals surface area contributed by atoms with Crippen molar-refractivity contribution in [2.45, 2.75) is 46.6 Å². The maximum atomic E-state index is 12.5. The normalized spacial score (nSPS) is 10.7. The summed E-state index contributed by atoms with van der Waals surface area (Å²) >= 11 is 6.19. The number of halogens is 1. The second-order valence-corrected chi connectivity index (χ2v) is 7.43. The molecule has 2 aromatic rings. The molecule has 2 aromatic carbocycles. The highest BCUT2D eigenvalue weighted by atomic mass is 35.5. The molecule has 0 saturated carbocycles. The van der Waals surface area contributed by atoms with E-state index in [4.69, 9.17) is 11.6 Å². The van der Waals surface area contributed by atoms with Crippen molar-refractivity contribution in [3.05, 3.63) is 64.2 Å². The summed E-state index contributed by atoms with van der Waals surface area (Å²) in [6.45, 7) is 8.43. The number of hydrogen-bond donors (Lipinski definition) is 1. The van der Waals surface area contributed by atoms with Gasteiger partial charge in [0.15, 0.2) is 0 Å².